The second-order valence-corrected chi connectivity index (χ2v) is 4.88. The van der Waals surface area contributed by atoms with E-state index in [1.807, 2.05) is 0 Å². The minimum Gasteiger partial charge on any atom is -0.488 e. The normalized spacial score (nSPS) is 23.6. The molecule has 2 aliphatic heterocycles. The highest BCUT2D eigenvalue weighted by atomic mass is 19.4. The van der Waals surface area contributed by atoms with Gasteiger partial charge in [0.15, 0.2) is 11.4 Å². The van der Waals surface area contributed by atoms with Crippen LogP contribution in [0.5, 0.6) is 0 Å². The summed E-state index contributed by atoms with van der Waals surface area (Å²) < 4.78 is 43.1. The summed E-state index contributed by atoms with van der Waals surface area (Å²) in [5.74, 6) is -0.173. The number of allylic oxidation sites excluding steroid dienone is 1. The molecule has 4 nitrogen and oxygen atoms in total. The third kappa shape index (κ3) is 2.86. The van der Waals surface area contributed by atoms with Crippen molar-refractivity contribution < 1.29 is 27.8 Å². The molecule has 7 heteroatoms. The topological polar surface area (TPSA) is 49.8 Å². The number of amides is 1. The number of alkyl halides is 3. The molecule has 2 rings (SSSR count). The Bertz CT molecular complexity index is 384. The Labute approximate surface area is 108 Å². The van der Waals surface area contributed by atoms with E-state index < -0.39 is 24.6 Å². The van der Waals surface area contributed by atoms with Gasteiger partial charge in [0.05, 0.1) is 6.61 Å². The Morgan fingerprint density at radius 3 is 2.47 bits per heavy atom. The fourth-order valence-electron chi connectivity index (χ4n) is 2.23. The van der Waals surface area contributed by atoms with E-state index in [9.17, 15) is 23.1 Å². The minimum atomic E-state index is -4.65. The van der Waals surface area contributed by atoms with Crippen LogP contribution in [0.25, 0.3) is 0 Å². The van der Waals surface area contributed by atoms with Gasteiger partial charge in [-0.3, -0.25) is 4.79 Å². The smallest absolute Gasteiger partial charge is 0.417 e. The van der Waals surface area contributed by atoms with Crippen LogP contribution >= 0.6 is 0 Å². The van der Waals surface area contributed by atoms with Crippen molar-refractivity contribution in [3.05, 3.63) is 11.8 Å². The van der Waals surface area contributed by atoms with Gasteiger partial charge in [0.1, 0.15) is 0 Å². The average molecular weight is 279 g/mol. The van der Waals surface area contributed by atoms with Crippen molar-refractivity contribution in [1.82, 2.24) is 4.90 Å². The maximum absolute atomic E-state index is 12.6. The first-order valence-electron chi connectivity index (χ1n) is 6.25. The number of likely N-dealkylation sites (tertiary alicyclic amines) is 1. The standard InChI is InChI=1S/C12H16F3NO3/c13-12(14,15)11(18)4-6-16(7-5-11)10(17)9-3-1-2-8-19-9/h3,18H,1-2,4-8H2. The van der Waals surface area contributed by atoms with E-state index in [0.29, 0.717) is 6.61 Å². The Balaban J connectivity index is 1.96. The van der Waals surface area contributed by atoms with Crippen LogP contribution in [-0.2, 0) is 9.53 Å². The Morgan fingerprint density at radius 2 is 2.00 bits per heavy atom. The van der Waals surface area contributed by atoms with Crippen LogP contribution in [0.1, 0.15) is 25.7 Å². The molecule has 2 aliphatic rings. The molecule has 0 atom stereocenters. The zero-order chi connectivity index (χ0) is 14.1. The van der Waals surface area contributed by atoms with Crippen LogP contribution in [0.15, 0.2) is 11.8 Å². The summed E-state index contributed by atoms with van der Waals surface area (Å²) in [6, 6.07) is 0. The number of halogens is 3. The average Bonchev–Trinajstić information content (AvgIpc) is 2.39. The van der Waals surface area contributed by atoms with E-state index in [0.717, 1.165) is 12.8 Å². The van der Waals surface area contributed by atoms with Crippen LogP contribution in [0.2, 0.25) is 0 Å². The molecule has 1 N–H and O–H groups in total. The molecule has 0 aromatic heterocycles. The number of aliphatic hydroxyl groups is 1. The highest BCUT2D eigenvalue weighted by molar-refractivity contribution is 5.91. The molecule has 1 saturated heterocycles. The summed E-state index contributed by atoms with van der Waals surface area (Å²) in [6.45, 7) is 0.225. The highest BCUT2D eigenvalue weighted by Crippen LogP contribution is 2.38. The second-order valence-electron chi connectivity index (χ2n) is 4.88. The van der Waals surface area contributed by atoms with Crippen molar-refractivity contribution in [3.63, 3.8) is 0 Å². The zero-order valence-electron chi connectivity index (χ0n) is 10.4. The lowest BCUT2D eigenvalue weighted by molar-refractivity contribution is -0.272. The maximum atomic E-state index is 12.6. The maximum Gasteiger partial charge on any atom is 0.417 e. The fourth-order valence-corrected chi connectivity index (χ4v) is 2.23. The van der Waals surface area contributed by atoms with Crippen molar-refractivity contribution in [3.8, 4) is 0 Å². The molecule has 2 heterocycles. The van der Waals surface area contributed by atoms with Crippen LogP contribution in [-0.4, -0.2) is 47.4 Å². The molecule has 1 fully saturated rings. The second kappa shape index (κ2) is 5.03. The number of piperidine rings is 1. The summed E-state index contributed by atoms with van der Waals surface area (Å²) in [6.07, 6.45) is -2.39. The number of ether oxygens (including phenoxy) is 1. The van der Waals surface area contributed by atoms with Gasteiger partial charge in [0.2, 0.25) is 0 Å². The third-order valence-corrected chi connectivity index (χ3v) is 3.55. The monoisotopic (exact) mass is 279 g/mol. The predicted molar refractivity (Wildman–Crippen MR) is 60.1 cm³/mol. The quantitative estimate of drug-likeness (QED) is 0.793. The SMILES string of the molecule is O=C(C1=CCCCO1)N1CCC(O)(C(F)(F)F)CC1. The van der Waals surface area contributed by atoms with E-state index in [-0.39, 0.29) is 24.8 Å². The van der Waals surface area contributed by atoms with Crippen molar-refractivity contribution >= 4 is 5.91 Å². The number of rotatable bonds is 1. The number of hydrogen-bond acceptors (Lipinski definition) is 3. The number of nitrogens with zero attached hydrogens (tertiary/aromatic N) is 1. The van der Waals surface area contributed by atoms with Crippen molar-refractivity contribution in [2.75, 3.05) is 19.7 Å². The molecule has 0 saturated carbocycles. The Hall–Kier alpha value is -1.24. The molecule has 1 amide bonds. The largest absolute Gasteiger partial charge is 0.488 e. The first-order chi connectivity index (χ1) is 8.83. The summed E-state index contributed by atoms with van der Waals surface area (Å²) in [5, 5.41) is 9.51. The molecular formula is C12H16F3NO3. The van der Waals surface area contributed by atoms with Gasteiger partial charge in [-0.25, -0.2) is 0 Å². The molecule has 0 radical (unpaired) electrons. The van der Waals surface area contributed by atoms with Crippen LogP contribution in [0.4, 0.5) is 13.2 Å². The van der Waals surface area contributed by atoms with Gasteiger partial charge in [-0.1, -0.05) is 0 Å². The number of carbonyl (C=O) groups is 1. The Morgan fingerprint density at radius 1 is 1.37 bits per heavy atom. The lowest BCUT2D eigenvalue weighted by Gasteiger charge is -2.39. The molecule has 0 bridgehead atoms. The zero-order valence-corrected chi connectivity index (χ0v) is 10.4. The van der Waals surface area contributed by atoms with E-state index in [4.69, 9.17) is 4.74 Å². The molecule has 0 unspecified atom stereocenters. The van der Waals surface area contributed by atoms with Gasteiger partial charge in [-0.05, 0) is 18.9 Å². The summed E-state index contributed by atoms with van der Waals surface area (Å²) in [4.78, 5) is 13.3. The predicted octanol–water partition coefficient (Wildman–Crippen LogP) is 1.60. The first kappa shape index (κ1) is 14.2. The van der Waals surface area contributed by atoms with Gasteiger partial charge >= 0.3 is 6.18 Å². The number of hydrogen-bond donors (Lipinski definition) is 1. The first-order valence-corrected chi connectivity index (χ1v) is 6.25. The summed E-state index contributed by atoms with van der Waals surface area (Å²) in [7, 11) is 0. The lowest BCUT2D eigenvalue weighted by atomic mass is 9.90. The highest BCUT2D eigenvalue weighted by Gasteiger charge is 2.55. The number of carbonyl (C=O) groups excluding carboxylic acids is 1. The van der Waals surface area contributed by atoms with Gasteiger partial charge in [-0.2, -0.15) is 13.2 Å². The fraction of sp³-hybridized carbons (Fsp3) is 0.750. The molecule has 0 spiro atoms. The van der Waals surface area contributed by atoms with Gasteiger partial charge in [-0.15, -0.1) is 0 Å². The summed E-state index contributed by atoms with van der Waals surface area (Å²) in [5.41, 5.74) is -2.68. The van der Waals surface area contributed by atoms with Gasteiger partial charge in [0, 0.05) is 25.9 Å². The molecule has 0 aliphatic carbocycles. The summed E-state index contributed by atoms with van der Waals surface area (Å²) >= 11 is 0. The van der Waals surface area contributed by atoms with Crippen LogP contribution in [0.3, 0.4) is 0 Å². The van der Waals surface area contributed by atoms with Crippen LogP contribution in [0, 0.1) is 0 Å². The van der Waals surface area contributed by atoms with E-state index in [1.165, 1.54) is 4.90 Å². The van der Waals surface area contributed by atoms with Gasteiger partial charge < -0.3 is 14.7 Å². The minimum absolute atomic E-state index is 0.116. The molecular weight excluding hydrogens is 263 g/mol. The van der Waals surface area contributed by atoms with Crippen molar-refractivity contribution in [1.29, 1.82) is 0 Å². The van der Waals surface area contributed by atoms with Crippen LogP contribution < -0.4 is 0 Å². The van der Waals surface area contributed by atoms with Gasteiger partial charge in [0.25, 0.3) is 5.91 Å². The molecule has 19 heavy (non-hydrogen) atoms. The van der Waals surface area contributed by atoms with E-state index in [1.54, 1.807) is 6.08 Å². The van der Waals surface area contributed by atoms with Crippen molar-refractivity contribution in [2.45, 2.75) is 37.5 Å². The van der Waals surface area contributed by atoms with Crippen molar-refractivity contribution in [2.24, 2.45) is 0 Å². The lowest BCUT2D eigenvalue weighted by Crippen LogP contribution is -2.54. The Kier molecular flexibility index (Phi) is 3.75. The third-order valence-electron chi connectivity index (χ3n) is 3.55. The van der Waals surface area contributed by atoms with E-state index in [2.05, 4.69) is 0 Å². The molecule has 0 aromatic carbocycles. The molecule has 0 aromatic rings. The van der Waals surface area contributed by atoms with E-state index >= 15 is 0 Å². The molecule has 108 valence electrons.